The van der Waals surface area contributed by atoms with Gasteiger partial charge in [0.05, 0.1) is 0 Å². The van der Waals surface area contributed by atoms with Gasteiger partial charge in [0.15, 0.2) is 0 Å². The molecule has 16 heavy (non-hydrogen) atoms. The van der Waals surface area contributed by atoms with Crippen molar-refractivity contribution < 1.29 is 22.7 Å². The van der Waals surface area contributed by atoms with Crippen LogP contribution in [0.1, 0.15) is 19.3 Å². The van der Waals surface area contributed by atoms with E-state index >= 15 is 0 Å². The van der Waals surface area contributed by atoms with Crippen molar-refractivity contribution in [2.24, 2.45) is 0 Å². The van der Waals surface area contributed by atoms with E-state index < -0.39 is 25.3 Å². The van der Waals surface area contributed by atoms with Gasteiger partial charge in [-0.3, -0.25) is 4.79 Å². The van der Waals surface area contributed by atoms with Crippen LogP contribution in [0, 0.1) is 12.3 Å². The van der Waals surface area contributed by atoms with Crippen LogP contribution in [-0.4, -0.2) is 31.8 Å². The zero-order valence-corrected chi connectivity index (χ0v) is 8.77. The quantitative estimate of drug-likeness (QED) is 0.538. The largest absolute Gasteiger partial charge is 0.411 e. The molecule has 6 heteroatoms. The van der Waals surface area contributed by atoms with Gasteiger partial charge in [-0.15, -0.1) is 12.3 Å². The first-order chi connectivity index (χ1) is 7.45. The molecule has 0 atom stereocenters. The molecular formula is C10H14F3NO2. The lowest BCUT2D eigenvalue weighted by Gasteiger charge is -2.07. The van der Waals surface area contributed by atoms with Crippen LogP contribution in [0.5, 0.6) is 0 Å². The lowest BCUT2D eigenvalue weighted by molar-refractivity contribution is -0.175. The molecule has 0 aliphatic carbocycles. The van der Waals surface area contributed by atoms with Gasteiger partial charge in [-0.2, -0.15) is 13.2 Å². The number of hydrogen-bond donors (Lipinski definition) is 1. The second kappa shape index (κ2) is 7.99. The van der Waals surface area contributed by atoms with Crippen molar-refractivity contribution in [3.05, 3.63) is 0 Å². The standard InChI is InChI=1S/C10H14F3NO2/c1-2-3-4-5-6-14-9(15)7-16-8-10(11,12)13/h1H,3-8H2,(H,14,15). The molecule has 0 spiro atoms. The van der Waals surface area contributed by atoms with E-state index in [0.29, 0.717) is 19.4 Å². The van der Waals surface area contributed by atoms with Crippen LogP contribution in [-0.2, 0) is 9.53 Å². The lowest BCUT2D eigenvalue weighted by Crippen LogP contribution is -2.30. The summed E-state index contributed by atoms with van der Waals surface area (Å²) < 4.78 is 39.0. The molecule has 3 nitrogen and oxygen atoms in total. The molecule has 0 aromatic heterocycles. The molecule has 92 valence electrons. The molecule has 1 N–H and O–H groups in total. The predicted octanol–water partition coefficient (Wildman–Crippen LogP) is 1.48. The van der Waals surface area contributed by atoms with E-state index in [1.807, 2.05) is 0 Å². The number of terminal acetylenes is 1. The monoisotopic (exact) mass is 237 g/mol. The highest BCUT2D eigenvalue weighted by Gasteiger charge is 2.27. The average molecular weight is 237 g/mol. The Hall–Kier alpha value is -1.22. The van der Waals surface area contributed by atoms with Gasteiger partial charge in [0.2, 0.25) is 5.91 Å². The summed E-state index contributed by atoms with van der Waals surface area (Å²) in [5, 5.41) is 2.43. The molecule has 0 fully saturated rings. The number of halogens is 3. The first-order valence-corrected chi connectivity index (χ1v) is 4.80. The summed E-state index contributed by atoms with van der Waals surface area (Å²) in [6.07, 6.45) is 2.72. The Bertz CT molecular complexity index is 245. The fourth-order valence-corrected chi connectivity index (χ4v) is 0.890. The number of hydrogen-bond acceptors (Lipinski definition) is 2. The van der Waals surface area contributed by atoms with Gasteiger partial charge in [0.25, 0.3) is 0 Å². The highest BCUT2D eigenvalue weighted by molar-refractivity contribution is 5.77. The van der Waals surface area contributed by atoms with Gasteiger partial charge in [-0.05, 0) is 12.8 Å². The number of carbonyl (C=O) groups excluding carboxylic acids is 1. The van der Waals surface area contributed by atoms with Gasteiger partial charge in [-0.25, -0.2) is 0 Å². The number of amides is 1. The highest BCUT2D eigenvalue weighted by Crippen LogP contribution is 2.13. The molecule has 1 amide bonds. The molecule has 0 heterocycles. The fraction of sp³-hybridized carbons (Fsp3) is 0.700. The van der Waals surface area contributed by atoms with E-state index in [9.17, 15) is 18.0 Å². The van der Waals surface area contributed by atoms with Crippen molar-refractivity contribution in [1.82, 2.24) is 5.32 Å². The third kappa shape index (κ3) is 10.9. The molecule has 0 bridgehead atoms. The van der Waals surface area contributed by atoms with Gasteiger partial charge in [-0.1, -0.05) is 0 Å². The van der Waals surface area contributed by atoms with E-state index in [4.69, 9.17) is 6.42 Å². The van der Waals surface area contributed by atoms with Crippen LogP contribution in [0.2, 0.25) is 0 Å². The third-order valence-corrected chi connectivity index (χ3v) is 1.57. The average Bonchev–Trinajstić information content (AvgIpc) is 2.15. The van der Waals surface area contributed by atoms with Crippen molar-refractivity contribution in [3.8, 4) is 12.3 Å². The Morgan fingerprint density at radius 1 is 1.38 bits per heavy atom. The van der Waals surface area contributed by atoms with Gasteiger partial charge >= 0.3 is 6.18 Å². The number of ether oxygens (including phenoxy) is 1. The maximum atomic E-state index is 11.6. The fourth-order valence-electron chi connectivity index (χ4n) is 0.890. The van der Waals surface area contributed by atoms with Crippen LogP contribution in [0.4, 0.5) is 13.2 Å². The third-order valence-electron chi connectivity index (χ3n) is 1.57. The Morgan fingerprint density at radius 2 is 2.06 bits per heavy atom. The number of nitrogens with one attached hydrogen (secondary N) is 1. The summed E-state index contributed by atoms with van der Waals surface area (Å²) in [5.41, 5.74) is 0. The minimum absolute atomic E-state index is 0.399. The number of carbonyl (C=O) groups is 1. The van der Waals surface area contributed by atoms with Gasteiger partial charge in [0.1, 0.15) is 13.2 Å². The Balaban J connectivity index is 3.36. The highest BCUT2D eigenvalue weighted by atomic mass is 19.4. The van der Waals surface area contributed by atoms with Crippen molar-refractivity contribution in [3.63, 3.8) is 0 Å². The van der Waals surface area contributed by atoms with Crippen molar-refractivity contribution >= 4 is 5.91 Å². The molecule has 0 saturated carbocycles. The molecule has 0 aliphatic heterocycles. The van der Waals surface area contributed by atoms with E-state index in [-0.39, 0.29) is 0 Å². The van der Waals surface area contributed by atoms with E-state index in [1.54, 1.807) is 0 Å². The molecule has 0 rings (SSSR count). The minimum atomic E-state index is -4.40. The second-order valence-corrected chi connectivity index (χ2v) is 3.12. The maximum absolute atomic E-state index is 11.6. The normalized spacial score (nSPS) is 10.9. The van der Waals surface area contributed by atoms with Crippen molar-refractivity contribution in [1.29, 1.82) is 0 Å². The molecule has 0 aliphatic rings. The summed E-state index contributed by atoms with van der Waals surface area (Å²) in [6, 6.07) is 0. The Morgan fingerprint density at radius 3 is 2.62 bits per heavy atom. The van der Waals surface area contributed by atoms with Crippen LogP contribution in [0.15, 0.2) is 0 Å². The zero-order chi connectivity index (χ0) is 12.4. The maximum Gasteiger partial charge on any atom is 0.411 e. The molecule has 0 saturated heterocycles. The van der Waals surface area contributed by atoms with Crippen LogP contribution in [0.3, 0.4) is 0 Å². The van der Waals surface area contributed by atoms with Gasteiger partial charge < -0.3 is 10.1 Å². The predicted molar refractivity (Wildman–Crippen MR) is 52.6 cm³/mol. The Kier molecular flexibility index (Phi) is 7.38. The van der Waals surface area contributed by atoms with E-state index in [2.05, 4.69) is 16.0 Å². The SMILES string of the molecule is C#CCCCCNC(=O)COCC(F)(F)F. The summed E-state index contributed by atoms with van der Waals surface area (Å²) in [5.74, 6) is 1.89. The summed E-state index contributed by atoms with van der Waals surface area (Å²) in [6.45, 7) is -1.58. The van der Waals surface area contributed by atoms with Crippen LogP contribution in [0.25, 0.3) is 0 Å². The lowest BCUT2D eigenvalue weighted by atomic mass is 10.2. The molecule has 0 unspecified atom stereocenters. The number of rotatable bonds is 7. The van der Waals surface area contributed by atoms with Crippen LogP contribution >= 0.6 is 0 Å². The summed E-state index contributed by atoms with van der Waals surface area (Å²) in [7, 11) is 0. The first kappa shape index (κ1) is 14.8. The molecule has 0 aromatic carbocycles. The second-order valence-electron chi connectivity index (χ2n) is 3.12. The number of unbranched alkanes of at least 4 members (excludes halogenated alkanes) is 2. The summed E-state index contributed by atoms with van der Waals surface area (Å²) in [4.78, 5) is 10.9. The Labute approximate surface area is 92.3 Å². The molecule has 0 radical (unpaired) electrons. The smallest absolute Gasteiger partial charge is 0.362 e. The first-order valence-electron chi connectivity index (χ1n) is 4.80. The van der Waals surface area contributed by atoms with Crippen molar-refractivity contribution in [2.45, 2.75) is 25.4 Å². The van der Waals surface area contributed by atoms with E-state index in [0.717, 1.165) is 6.42 Å². The zero-order valence-electron chi connectivity index (χ0n) is 8.77. The summed E-state index contributed by atoms with van der Waals surface area (Å²) >= 11 is 0. The number of alkyl halides is 3. The topological polar surface area (TPSA) is 38.3 Å². The molecular weight excluding hydrogens is 223 g/mol. The van der Waals surface area contributed by atoms with E-state index in [1.165, 1.54) is 0 Å². The molecule has 0 aromatic rings. The van der Waals surface area contributed by atoms with Crippen molar-refractivity contribution in [2.75, 3.05) is 19.8 Å². The minimum Gasteiger partial charge on any atom is -0.362 e. The van der Waals surface area contributed by atoms with Crippen LogP contribution < -0.4 is 5.32 Å². The van der Waals surface area contributed by atoms with Gasteiger partial charge in [0, 0.05) is 13.0 Å².